The first-order valence-electron chi connectivity index (χ1n) is 8.02. The summed E-state index contributed by atoms with van der Waals surface area (Å²) >= 11 is 6.07. The summed E-state index contributed by atoms with van der Waals surface area (Å²) in [6, 6.07) is 20.9. The Labute approximate surface area is 151 Å². The molecule has 0 aliphatic rings. The van der Waals surface area contributed by atoms with Crippen LogP contribution in [0, 0.1) is 0 Å². The minimum atomic E-state index is -0.292. The molecule has 3 rings (SSSR count). The number of aromatic nitrogens is 1. The normalized spacial score (nSPS) is 10.3. The van der Waals surface area contributed by atoms with Gasteiger partial charge in [-0.15, -0.1) is 0 Å². The van der Waals surface area contributed by atoms with Gasteiger partial charge in [-0.1, -0.05) is 54.1 Å². The summed E-state index contributed by atoms with van der Waals surface area (Å²) < 4.78 is 0. The first-order chi connectivity index (χ1) is 12.2. The maximum absolute atomic E-state index is 12.4. The van der Waals surface area contributed by atoms with Gasteiger partial charge in [-0.25, -0.2) is 0 Å². The number of para-hydroxylation sites is 1. The maximum atomic E-state index is 12.4. The lowest BCUT2D eigenvalue weighted by Gasteiger charge is -2.09. The van der Waals surface area contributed by atoms with E-state index in [0.29, 0.717) is 16.4 Å². The molecule has 5 heteroatoms. The zero-order chi connectivity index (χ0) is 17.5. The number of hydrogen-bond acceptors (Lipinski definition) is 3. The Morgan fingerprint density at radius 1 is 1.00 bits per heavy atom. The summed E-state index contributed by atoms with van der Waals surface area (Å²) in [5.41, 5.74) is 3.03. The molecule has 0 atom stereocenters. The molecule has 0 saturated carbocycles. The molecule has 0 unspecified atom stereocenters. The van der Waals surface area contributed by atoms with Crippen LogP contribution >= 0.6 is 11.6 Å². The average Bonchev–Trinajstić information content (AvgIpc) is 2.65. The summed E-state index contributed by atoms with van der Waals surface area (Å²) in [4.78, 5) is 16.5. The number of rotatable bonds is 6. The van der Waals surface area contributed by atoms with Gasteiger partial charge in [-0.3, -0.25) is 9.78 Å². The number of anilines is 2. The lowest BCUT2D eigenvalue weighted by Crippen LogP contribution is -2.14. The van der Waals surface area contributed by atoms with Crippen LogP contribution < -0.4 is 10.6 Å². The molecule has 0 spiro atoms. The molecular weight excluding hydrogens is 334 g/mol. The summed E-state index contributed by atoms with van der Waals surface area (Å²) in [6.45, 7) is 0.777. The van der Waals surface area contributed by atoms with Gasteiger partial charge >= 0.3 is 0 Å². The number of hydrogen-bond donors (Lipinski definition) is 2. The van der Waals surface area contributed by atoms with Gasteiger partial charge in [0.2, 0.25) is 0 Å². The van der Waals surface area contributed by atoms with Crippen LogP contribution in [-0.2, 0) is 6.42 Å². The van der Waals surface area contributed by atoms with Crippen molar-refractivity contribution >= 4 is 28.9 Å². The van der Waals surface area contributed by atoms with Crippen LogP contribution in [0.1, 0.15) is 16.1 Å². The van der Waals surface area contributed by atoms with Crippen molar-refractivity contribution in [3.63, 3.8) is 0 Å². The zero-order valence-electron chi connectivity index (χ0n) is 13.6. The van der Waals surface area contributed by atoms with Gasteiger partial charge in [-0.05, 0) is 36.2 Å². The monoisotopic (exact) mass is 351 g/mol. The molecule has 0 aliphatic heterocycles. The molecular formula is C20H18ClN3O. The van der Waals surface area contributed by atoms with Gasteiger partial charge in [0.05, 0.1) is 10.7 Å². The fourth-order valence-electron chi connectivity index (χ4n) is 2.41. The molecule has 3 aromatic rings. The van der Waals surface area contributed by atoms with Gasteiger partial charge in [0.15, 0.2) is 0 Å². The standard InChI is InChI=1S/C20H18ClN3O/c21-17-8-4-5-9-18(17)24-20(25)19-14-16(11-13-23-19)22-12-10-15-6-2-1-3-7-15/h1-9,11,13-14H,10,12H2,(H,22,23)(H,24,25). The van der Waals surface area contributed by atoms with Crippen LogP contribution in [0.25, 0.3) is 0 Å². The lowest BCUT2D eigenvalue weighted by molar-refractivity contribution is 0.102. The van der Waals surface area contributed by atoms with Crippen molar-refractivity contribution in [1.82, 2.24) is 4.98 Å². The SMILES string of the molecule is O=C(Nc1ccccc1Cl)c1cc(NCCc2ccccc2)ccn1. The number of carbonyl (C=O) groups is 1. The molecule has 0 bridgehead atoms. The molecule has 0 fully saturated rings. The second-order valence-corrected chi connectivity index (χ2v) is 5.93. The van der Waals surface area contributed by atoms with E-state index in [4.69, 9.17) is 11.6 Å². The van der Waals surface area contributed by atoms with Gasteiger partial charge in [-0.2, -0.15) is 0 Å². The molecule has 4 nitrogen and oxygen atoms in total. The van der Waals surface area contributed by atoms with E-state index in [-0.39, 0.29) is 5.91 Å². The molecule has 1 heterocycles. The molecule has 0 saturated heterocycles. The Balaban J connectivity index is 1.61. The van der Waals surface area contributed by atoms with Crippen LogP contribution in [0.5, 0.6) is 0 Å². The lowest BCUT2D eigenvalue weighted by atomic mass is 10.1. The second-order valence-electron chi connectivity index (χ2n) is 5.53. The van der Waals surface area contributed by atoms with E-state index in [1.54, 1.807) is 24.4 Å². The Morgan fingerprint density at radius 3 is 2.56 bits per heavy atom. The van der Waals surface area contributed by atoms with Gasteiger partial charge in [0, 0.05) is 18.4 Å². The highest BCUT2D eigenvalue weighted by Gasteiger charge is 2.10. The topological polar surface area (TPSA) is 54.0 Å². The van der Waals surface area contributed by atoms with Crippen molar-refractivity contribution in [3.8, 4) is 0 Å². The third-order valence-electron chi connectivity index (χ3n) is 3.70. The van der Waals surface area contributed by atoms with Gasteiger partial charge < -0.3 is 10.6 Å². The molecule has 1 amide bonds. The maximum Gasteiger partial charge on any atom is 0.274 e. The van der Waals surface area contributed by atoms with Crippen LogP contribution in [0.2, 0.25) is 5.02 Å². The first-order valence-corrected chi connectivity index (χ1v) is 8.40. The average molecular weight is 352 g/mol. The van der Waals surface area contributed by atoms with Gasteiger partial charge in [0.1, 0.15) is 5.69 Å². The van der Waals surface area contributed by atoms with E-state index in [0.717, 1.165) is 18.7 Å². The number of amides is 1. The van der Waals surface area contributed by atoms with Crippen LogP contribution in [0.4, 0.5) is 11.4 Å². The van der Waals surface area contributed by atoms with Crippen LogP contribution in [0.3, 0.4) is 0 Å². The number of nitrogens with one attached hydrogen (secondary N) is 2. The third kappa shape index (κ3) is 4.81. The minimum absolute atomic E-state index is 0.292. The highest BCUT2D eigenvalue weighted by Crippen LogP contribution is 2.21. The van der Waals surface area contributed by atoms with E-state index in [9.17, 15) is 4.79 Å². The molecule has 0 aliphatic carbocycles. The predicted octanol–water partition coefficient (Wildman–Crippen LogP) is 4.64. The number of benzene rings is 2. The Bertz CT molecular complexity index is 852. The van der Waals surface area contributed by atoms with Crippen molar-refractivity contribution < 1.29 is 4.79 Å². The molecule has 0 radical (unpaired) electrons. The fraction of sp³-hybridized carbons (Fsp3) is 0.100. The Morgan fingerprint density at radius 2 is 1.76 bits per heavy atom. The summed E-state index contributed by atoms with van der Waals surface area (Å²) in [5, 5.41) is 6.59. The summed E-state index contributed by atoms with van der Waals surface area (Å²) in [5.74, 6) is -0.292. The Hall–Kier alpha value is -2.85. The van der Waals surface area contributed by atoms with Crippen molar-refractivity contribution in [3.05, 3.63) is 89.2 Å². The number of pyridine rings is 1. The highest BCUT2D eigenvalue weighted by atomic mass is 35.5. The largest absolute Gasteiger partial charge is 0.385 e. The molecule has 1 aromatic heterocycles. The number of nitrogens with zero attached hydrogens (tertiary/aromatic N) is 1. The second kappa shape index (κ2) is 8.31. The predicted molar refractivity (Wildman–Crippen MR) is 102 cm³/mol. The third-order valence-corrected chi connectivity index (χ3v) is 4.03. The van der Waals surface area contributed by atoms with Crippen molar-refractivity contribution in [2.24, 2.45) is 0 Å². The smallest absolute Gasteiger partial charge is 0.274 e. The van der Waals surface area contributed by atoms with Crippen LogP contribution in [-0.4, -0.2) is 17.4 Å². The molecule has 2 N–H and O–H groups in total. The van der Waals surface area contributed by atoms with Crippen molar-refractivity contribution in [1.29, 1.82) is 0 Å². The highest BCUT2D eigenvalue weighted by molar-refractivity contribution is 6.33. The fourth-order valence-corrected chi connectivity index (χ4v) is 2.59. The van der Waals surface area contributed by atoms with E-state index >= 15 is 0 Å². The quantitative estimate of drug-likeness (QED) is 0.680. The minimum Gasteiger partial charge on any atom is -0.385 e. The van der Waals surface area contributed by atoms with E-state index in [2.05, 4.69) is 27.8 Å². The molecule has 25 heavy (non-hydrogen) atoms. The Kier molecular flexibility index (Phi) is 5.65. The van der Waals surface area contributed by atoms with Crippen LogP contribution in [0.15, 0.2) is 72.9 Å². The first kappa shape index (κ1) is 17.0. The van der Waals surface area contributed by atoms with Gasteiger partial charge in [0.25, 0.3) is 5.91 Å². The number of halogens is 1. The molecule has 2 aromatic carbocycles. The van der Waals surface area contributed by atoms with Crippen molar-refractivity contribution in [2.45, 2.75) is 6.42 Å². The number of carbonyl (C=O) groups excluding carboxylic acids is 1. The summed E-state index contributed by atoms with van der Waals surface area (Å²) in [6.07, 6.45) is 2.52. The van der Waals surface area contributed by atoms with E-state index in [1.807, 2.05) is 36.4 Å². The molecule has 126 valence electrons. The summed E-state index contributed by atoms with van der Waals surface area (Å²) in [7, 11) is 0. The van der Waals surface area contributed by atoms with E-state index in [1.165, 1.54) is 5.56 Å². The zero-order valence-corrected chi connectivity index (χ0v) is 14.3. The van der Waals surface area contributed by atoms with Crippen molar-refractivity contribution in [2.75, 3.05) is 17.2 Å². The van der Waals surface area contributed by atoms with E-state index < -0.39 is 0 Å².